The van der Waals surface area contributed by atoms with E-state index in [-0.39, 0.29) is 12.4 Å². The van der Waals surface area contributed by atoms with Crippen molar-refractivity contribution in [2.24, 2.45) is 5.41 Å². The Morgan fingerprint density at radius 2 is 1.34 bits per heavy atom. The number of anilines is 2. The monoisotopic (exact) mass is 622 g/mol. The number of rotatable bonds is 7. The fourth-order valence-corrected chi connectivity index (χ4v) is 4.61. The molecule has 0 saturated heterocycles. The molecule has 0 aliphatic heterocycles. The summed E-state index contributed by atoms with van der Waals surface area (Å²) in [5.74, 6) is -0.369. The molecular weight excluding hydrogens is 600 g/mol. The van der Waals surface area contributed by atoms with Gasteiger partial charge in [0.25, 0.3) is 0 Å². The molecule has 2 N–H and O–H groups in total. The van der Waals surface area contributed by atoms with Gasteiger partial charge in [0.1, 0.15) is 28.4 Å². The number of amides is 2. The largest absolute Gasteiger partial charge is 0.457 e. The van der Waals surface area contributed by atoms with E-state index < -0.39 is 34.9 Å². The standard InChI is InChI=1S/C32H22F4N4O3.ClH/c33-21-2-4-22(5-3-21)39-29(41)31(13-14-31)30(42)40-23-6-8-24(9-7-23)43-27-12-16-37-26-17-19(1-10-25(26)27)20-11-15-38-28(18-20)32(34,35)36;/h1-12,15-18H,13-14H2,(H,39,41)(H,40,42);1H. The number of benzene rings is 3. The van der Waals surface area contributed by atoms with Crippen LogP contribution >= 0.6 is 12.4 Å². The Kier molecular flexibility index (Phi) is 8.25. The predicted octanol–water partition coefficient (Wildman–Crippen LogP) is 8.03. The molecule has 0 atom stereocenters. The first-order valence-corrected chi connectivity index (χ1v) is 13.2. The highest BCUT2D eigenvalue weighted by molar-refractivity contribution is 6.16. The molecule has 0 bridgehead atoms. The number of halogens is 5. The van der Waals surface area contributed by atoms with Gasteiger partial charge in [-0.25, -0.2) is 4.39 Å². The van der Waals surface area contributed by atoms with Crippen LogP contribution in [-0.4, -0.2) is 21.8 Å². The van der Waals surface area contributed by atoms with Gasteiger partial charge in [-0.05, 0) is 103 Å². The number of nitrogens with one attached hydrogen (secondary N) is 2. The molecule has 2 amide bonds. The van der Waals surface area contributed by atoms with E-state index in [0.717, 1.165) is 12.3 Å². The molecule has 0 radical (unpaired) electrons. The van der Waals surface area contributed by atoms with Gasteiger partial charge in [-0.3, -0.25) is 19.6 Å². The SMILES string of the molecule is Cl.O=C(Nc1ccc(F)cc1)C1(C(=O)Nc2ccc(Oc3ccnc4cc(-c5ccnc(C(F)(F)F)c5)ccc34)cc2)CC1. The molecule has 5 aromatic rings. The first-order chi connectivity index (χ1) is 20.6. The number of nitrogens with zero attached hydrogens (tertiary/aromatic N) is 2. The molecule has 0 unspecified atom stereocenters. The summed E-state index contributed by atoms with van der Waals surface area (Å²) in [5, 5.41) is 6.10. The maximum Gasteiger partial charge on any atom is 0.433 e. The average Bonchev–Trinajstić information content (AvgIpc) is 3.81. The number of carbonyl (C=O) groups excluding carboxylic acids is 2. The van der Waals surface area contributed by atoms with E-state index >= 15 is 0 Å². The number of alkyl halides is 3. The minimum absolute atomic E-state index is 0. The van der Waals surface area contributed by atoms with E-state index in [4.69, 9.17) is 4.74 Å². The summed E-state index contributed by atoms with van der Waals surface area (Å²) in [4.78, 5) is 33.5. The normalized spacial score (nSPS) is 13.5. The Labute approximate surface area is 254 Å². The lowest BCUT2D eigenvalue weighted by molar-refractivity contribution is -0.141. The molecule has 0 spiro atoms. The molecule has 1 aliphatic carbocycles. The number of pyridine rings is 2. The van der Waals surface area contributed by atoms with Crippen LogP contribution in [0.25, 0.3) is 22.0 Å². The van der Waals surface area contributed by atoms with Crippen LogP contribution in [0.1, 0.15) is 18.5 Å². The molecule has 2 aromatic heterocycles. The van der Waals surface area contributed by atoms with E-state index in [1.54, 1.807) is 48.5 Å². The first kappa shape index (κ1) is 30.4. The van der Waals surface area contributed by atoms with Crippen LogP contribution in [0.3, 0.4) is 0 Å². The van der Waals surface area contributed by atoms with Crippen LogP contribution in [0.15, 0.2) is 97.3 Å². The zero-order chi connectivity index (χ0) is 30.2. The Morgan fingerprint density at radius 1 is 0.750 bits per heavy atom. The zero-order valence-corrected chi connectivity index (χ0v) is 23.5. The third-order valence-corrected chi connectivity index (χ3v) is 7.15. The molecule has 3 aromatic carbocycles. The number of hydrogen-bond acceptors (Lipinski definition) is 5. The number of hydrogen-bond donors (Lipinski definition) is 2. The van der Waals surface area contributed by atoms with Gasteiger partial charge in [0.05, 0.1) is 5.52 Å². The van der Waals surface area contributed by atoms with Crippen LogP contribution in [0.4, 0.5) is 28.9 Å². The summed E-state index contributed by atoms with van der Waals surface area (Å²) in [5.41, 5.74) is 0.134. The van der Waals surface area contributed by atoms with Gasteiger partial charge >= 0.3 is 6.18 Å². The maximum absolute atomic E-state index is 13.2. The van der Waals surface area contributed by atoms with Gasteiger partial charge in [-0.2, -0.15) is 13.2 Å². The summed E-state index contributed by atoms with van der Waals surface area (Å²) in [6, 6.07) is 21.2. The van der Waals surface area contributed by atoms with Gasteiger partial charge in [-0.1, -0.05) is 6.07 Å². The summed E-state index contributed by atoms with van der Waals surface area (Å²) in [7, 11) is 0. The minimum atomic E-state index is -4.55. The molecule has 1 fully saturated rings. The van der Waals surface area contributed by atoms with Crippen molar-refractivity contribution in [3.05, 3.63) is 109 Å². The number of fused-ring (bicyclic) bond motifs is 1. The van der Waals surface area contributed by atoms with Crippen molar-refractivity contribution in [1.82, 2.24) is 9.97 Å². The fraction of sp³-hybridized carbons (Fsp3) is 0.125. The molecule has 224 valence electrons. The van der Waals surface area contributed by atoms with E-state index in [2.05, 4.69) is 20.6 Å². The highest BCUT2D eigenvalue weighted by Crippen LogP contribution is 2.47. The molecule has 12 heteroatoms. The zero-order valence-electron chi connectivity index (χ0n) is 22.7. The van der Waals surface area contributed by atoms with Crippen molar-refractivity contribution in [2.75, 3.05) is 10.6 Å². The third-order valence-electron chi connectivity index (χ3n) is 7.15. The maximum atomic E-state index is 13.2. The molecular formula is C32H23ClF4N4O3. The number of aromatic nitrogens is 2. The topological polar surface area (TPSA) is 93.2 Å². The van der Waals surface area contributed by atoms with Gasteiger partial charge in [0.2, 0.25) is 11.8 Å². The summed E-state index contributed by atoms with van der Waals surface area (Å²) in [6.07, 6.45) is -1.10. The Balaban J connectivity index is 0.00000384. The molecule has 2 heterocycles. The van der Waals surface area contributed by atoms with Crippen molar-refractivity contribution in [3.8, 4) is 22.6 Å². The van der Waals surface area contributed by atoms with Crippen LogP contribution in [0.5, 0.6) is 11.5 Å². The smallest absolute Gasteiger partial charge is 0.433 e. The van der Waals surface area contributed by atoms with Crippen molar-refractivity contribution < 1.29 is 31.9 Å². The van der Waals surface area contributed by atoms with E-state index in [0.29, 0.717) is 57.7 Å². The van der Waals surface area contributed by atoms with E-state index in [1.165, 1.54) is 36.5 Å². The van der Waals surface area contributed by atoms with Crippen LogP contribution in [0.2, 0.25) is 0 Å². The van der Waals surface area contributed by atoms with Crippen LogP contribution in [-0.2, 0) is 15.8 Å². The van der Waals surface area contributed by atoms with E-state index in [1.807, 2.05) is 0 Å². The van der Waals surface area contributed by atoms with Gasteiger partial charge in [0.15, 0.2) is 0 Å². The summed E-state index contributed by atoms with van der Waals surface area (Å²) < 4.78 is 58.6. The second-order valence-electron chi connectivity index (χ2n) is 10.1. The summed E-state index contributed by atoms with van der Waals surface area (Å²) >= 11 is 0. The second-order valence-corrected chi connectivity index (χ2v) is 10.1. The van der Waals surface area contributed by atoms with Crippen molar-refractivity contribution in [3.63, 3.8) is 0 Å². The van der Waals surface area contributed by atoms with Gasteiger partial charge in [-0.15, -0.1) is 12.4 Å². The average molecular weight is 623 g/mol. The number of ether oxygens (including phenoxy) is 1. The van der Waals surface area contributed by atoms with Crippen molar-refractivity contribution >= 4 is 46.5 Å². The van der Waals surface area contributed by atoms with Crippen molar-refractivity contribution in [1.29, 1.82) is 0 Å². The minimum Gasteiger partial charge on any atom is -0.457 e. The molecule has 7 nitrogen and oxygen atoms in total. The first-order valence-electron chi connectivity index (χ1n) is 13.2. The highest BCUT2D eigenvalue weighted by Gasteiger charge is 2.56. The quantitative estimate of drug-likeness (QED) is 0.142. The second kappa shape index (κ2) is 11.9. The molecule has 1 aliphatic rings. The van der Waals surface area contributed by atoms with Crippen LogP contribution < -0.4 is 15.4 Å². The lowest BCUT2D eigenvalue weighted by Gasteiger charge is -2.16. The van der Waals surface area contributed by atoms with E-state index in [9.17, 15) is 27.2 Å². The molecule has 6 rings (SSSR count). The molecule has 1 saturated carbocycles. The van der Waals surface area contributed by atoms with Gasteiger partial charge in [0, 0.05) is 29.2 Å². The molecule has 44 heavy (non-hydrogen) atoms. The summed E-state index contributed by atoms with van der Waals surface area (Å²) in [6.45, 7) is 0. The predicted molar refractivity (Wildman–Crippen MR) is 159 cm³/mol. The van der Waals surface area contributed by atoms with Crippen LogP contribution in [0, 0.1) is 11.2 Å². The highest BCUT2D eigenvalue weighted by atomic mass is 35.5. The number of carbonyl (C=O) groups is 2. The van der Waals surface area contributed by atoms with Gasteiger partial charge < -0.3 is 15.4 Å². The lowest BCUT2D eigenvalue weighted by atomic mass is 10.0. The van der Waals surface area contributed by atoms with Crippen molar-refractivity contribution in [2.45, 2.75) is 19.0 Å². The lowest BCUT2D eigenvalue weighted by Crippen LogP contribution is -2.35. The Bertz CT molecular complexity index is 1840. The fourth-order valence-electron chi connectivity index (χ4n) is 4.61. The Morgan fingerprint density at radius 3 is 1.95 bits per heavy atom. The third kappa shape index (κ3) is 6.32. The Hall–Kier alpha value is -5.03.